The molecule has 16 heteroatoms. The minimum atomic E-state index is -1.02. The number of nitrogens with zero attached hydrogens (tertiary/aromatic N) is 1. The number of benzene rings is 2. The van der Waals surface area contributed by atoms with Gasteiger partial charge in [0.05, 0.1) is 27.4 Å². The van der Waals surface area contributed by atoms with E-state index in [1.54, 1.807) is 0 Å². The van der Waals surface area contributed by atoms with Crippen LogP contribution in [0.5, 0.6) is 17.2 Å². The molecule has 2 heterocycles. The van der Waals surface area contributed by atoms with E-state index in [-0.39, 0.29) is 75.1 Å². The summed E-state index contributed by atoms with van der Waals surface area (Å²) in [5, 5.41) is 17.8. The highest BCUT2D eigenvalue weighted by Crippen LogP contribution is 2.38. The van der Waals surface area contributed by atoms with Crippen molar-refractivity contribution in [2.24, 2.45) is 0 Å². The van der Waals surface area contributed by atoms with Crippen LogP contribution < -0.4 is 35.5 Å². The first-order valence-corrected chi connectivity index (χ1v) is 15.0. The van der Waals surface area contributed by atoms with Crippen molar-refractivity contribution in [3.05, 3.63) is 53.6 Å². The number of rotatable bonds is 6. The predicted octanol–water partition coefficient (Wildman–Crippen LogP) is -0.260. The molecule has 0 spiro atoms. The number of hydrogen-bond donors (Lipinski definition) is 5. The molecule has 2 aliphatic rings. The third kappa shape index (κ3) is 12.4. The van der Waals surface area contributed by atoms with Crippen LogP contribution in [0.15, 0.2) is 42.5 Å². The van der Waals surface area contributed by atoms with Crippen LogP contribution in [0.4, 0.5) is 0 Å². The van der Waals surface area contributed by atoms with Crippen LogP contribution in [0.25, 0.3) is 0 Å². The van der Waals surface area contributed by atoms with Crippen LogP contribution in [0.1, 0.15) is 29.3 Å². The molecule has 262 valence electrons. The molecule has 5 amide bonds. The van der Waals surface area contributed by atoms with Crippen molar-refractivity contribution in [2.45, 2.75) is 31.8 Å². The van der Waals surface area contributed by atoms with Gasteiger partial charge in [0.2, 0.25) is 29.4 Å². The topological polar surface area (TPSA) is 211 Å². The smallest absolute Gasteiger partial charge is 0.290 e. The molecule has 2 aliphatic heterocycles. The second-order valence-electron chi connectivity index (χ2n) is 10.4. The van der Waals surface area contributed by atoms with E-state index in [4.69, 9.17) is 28.8 Å². The summed E-state index contributed by atoms with van der Waals surface area (Å²) in [6.45, 7) is 1.24. The monoisotopic (exact) mass is 673 g/mol. The van der Waals surface area contributed by atoms with Gasteiger partial charge in [0, 0.05) is 38.7 Å². The van der Waals surface area contributed by atoms with E-state index in [0.29, 0.717) is 6.42 Å². The predicted molar refractivity (Wildman–Crippen MR) is 172 cm³/mol. The van der Waals surface area contributed by atoms with Gasteiger partial charge in [0.1, 0.15) is 18.7 Å². The first-order valence-electron chi connectivity index (χ1n) is 15.0. The van der Waals surface area contributed by atoms with Crippen LogP contribution in [0, 0.1) is 0 Å². The Morgan fingerprint density at radius 3 is 2.23 bits per heavy atom. The molecule has 2 atom stereocenters. The standard InChI is InChI=1S/C31H41N5O9.CH2O2/c1-20-29(39)35-23(15-21-9-6-5-7-10-21)31(41)33-12-13-36(27(38)19-42-2)18-26(37)32-11-8-14-45-28-24(43-3)16-22(30(40)34-20)17-25(28)44-4;2-1-3/h5-7,9-10,16-17,20,23H,8,11-15,18-19H2,1-4H3,(H,32,37)(H,33,41)(H,34,40)(H,35,39);1H,(H,2,3)/t20-,23+;/m0./s1. The van der Waals surface area contributed by atoms with Gasteiger partial charge < -0.3 is 50.2 Å². The summed E-state index contributed by atoms with van der Waals surface area (Å²) in [6, 6.07) is 10.0. The Kier molecular flexibility index (Phi) is 16.7. The second-order valence-corrected chi connectivity index (χ2v) is 10.4. The SMILES string of the molecule is COCC(=O)N1CCNC(=O)[C@@H](Cc2ccccc2)NC(=O)[C@H](C)NC(=O)c2cc(OC)c(c(OC)c2)OCCCNC(=O)C1.O=CO. The van der Waals surface area contributed by atoms with E-state index in [0.717, 1.165) is 5.56 Å². The summed E-state index contributed by atoms with van der Waals surface area (Å²) in [5.41, 5.74) is 0.961. The molecule has 0 fully saturated rings. The maximum absolute atomic E-state index is 13.3. The molecule has 16 nitrogen and oxygen atoms in total. The van der Waals surface area contributed by atoms with Crippen LogP contribution in [-0.4, -0.2) is 119 Å². The lowest BCUT2D eigenvalue weighted by atomic mass is 10.0. The zero-order valence-electron chi connectivity index (χ0n) is 27.4. The number of methoxy groups -OCH3 is 3. The Hall–Kier alpha value is -5.38. The number of amides is 5. The number of carbonyl (C=O) groups is 6. The van der Waals surface area contributed by atoms with Gasteiger partial charge in [-0.15, -0.1) is 0 Å². The second kappa shape index (κ2) is 20.7. The van der Waals surface area contributed by atoms with Crippen LogP contribution >= 0.6 is 0 Å². The van der Waals surface area contributed by atoms with E-state index in [1.165, 1.54) is 45.3 Å². The highest BCUT2D eigenvalue weighted by molar-refractivity contribution is 5.99. The molecule has 2 aromatic carbocycles. The highest BCUT2D eigenvalue weighted by atomic mass is 16.5. The summed E-state index contributed by atoms with van der Waals surface area (Å²) in [7, 11) is 4.20. The molecule has 48 heavy (non-hydrogen) atoms. The first kappa shape index (κ1) is 38.8. The Morgan fingerprint density at radius 2 is 1.62 bits per heavy atom. The molecule has 0 saturated heterocycles. The zero-order valence-corrected chi connectivity index (χ0v) is 27.4. The van der Waals surface area contributed by atoms with Gasteiger partial charge in [-0.25, -0.2) is 0 Å². The van der Waals surface area contributed by atoms with E-state index in [9.17, 15) is 24.0 Å². The van der Waals surface area contributed by atoms with Gasteiger partial charge in [0.15, 0.2) is 11.5 Å². The minimum absolute atomic E-state index is 0.0160. The number of ether oxygens (including phenoxy) is 4. The van der Waals surface area contributed by atoms with Gasteiger partial charge in [0.25, 0.3) is 12.4 Å². The first-order chi connectivity index (χ1) is 23.1. The van der Waals surface area contributed by atoms with Gasteiger partial charge in [-0.3, -0.25) is 28.8 Å². The van der Waals surface area contributed by atoms with Crippen molar-refractivity contribution >= 4 is 36.0 Å². The normalized spacial score (nSPS) is 18.1. The van der Waals surface area contributed by atoms with E-state index >= 15 is 0 Å². The zero-order chi connectivity index (χ0) is 35.5. The molecule has 2 aromatic rings. The highest BCUT2D eigenvalue weighted by Gasteiger charge is 2.27. The fraction of sp³-hybridized carbons (Fsp3) is 0.438. The number of carboxylic acid groups (broad SMARTS) is 1. The molecule has 2 bridgehead atoms. The molecule has 5 N–H and O–H groups in total. The Morgan fingerprint density at radius 1 is 0.979 bits per heavy atom. The maximum atomic E-state index is 13.3. The number of nitrogens with one attached hydrogen (secondary N) is 4. The fourth-order valence-corrected chi connectivity index (χ4v) is 4.50. The molecular weight excluding hydrogens is 630 g/mol. The summed E-state index contributed by atoms with van der Waals surface area (Å²) in [6.07, 6.45) is 0.585. The molecular formula is C32H43N5O11. The van der Waals surface area contributed by atoms with Crippen LogP contribution in [0.3, 0.4) is 0 Å². The molecule has 0 radical (unpaired) electrons. The maximum Gasteiger partial charge on any atom is 0.290 e. The van der Waals surface area contributed by atoms with Crippen LogP contribution in [-0.2, 0) is 35.1 Å². The third-order valence-corrected chi connectivity index (χ3v) is 6.90. The molecule has 0 aliphatic carbocycles. The van der Waals surface area contributed by atoms with Gasteiger partial charge in [-0.1, -0.05) is 30.3 Å². The quantitative estimate of drug-likeness (QED) is 0.199. The number of hydrogen-bond acceptors (Lipinski definition) is 10. The largest absolute Gasteiger partial charge is 0.493 e. The summed E-state index contributed by atoms with van der Waals surface area (Å²) >= 11 is 0. The number of fused-ring (bicyclic) bond motifs is 19. The Bertz CT molecular complexity index is 1360. The lowest BCUT2D eigenvalue weighted by Crippen LogP contribution is -2.54. The third-order valence-electron chi connectivity index (χ3n) is 6.90. The van der Waals surface area contributed by atoms with Gasteiger partial charge in [-0.05, 0) is 31.0 Å². The van der Waals surface area contributed by atoms with Crippen molar-refractivity contribution in [1.29, 1.82) is 0 Å². The van der Waals surface area contributed by atoms with Crippen molar-refractivity contribution in [3.63, 3.8) is 0 Å². The lowest BCUT2D eigenvalue weighted by molar-refractivity contribution is -0.139. The lowest BCUT2D eigenvalue weighted by Gasteiger charge is -2.24. The number of carbonyl (C=O) groups excluding carboxylic acids is 5. The Balaban J connectivity index is 0.00000257. The molecule has 4 rings (SSSR count). The van der Waals surface area contributed by atoms with E-state index in [1.807, 2.05) is 30.3 Å². The van der Waals surface area contributed by atoms with Crippen LogP contribution in [0.2, 0.25) is 0 Å². The van der Waals surface area contributed by atoms with Crippen molar-refractivity contribution in [3.8, 4) is 17.2 Å². The summed E-state index contributed by atoms with van der Waals surface area (Å²) < 4.78 is 21.7. The minimum Gasteiger partial charge on any atom is -0.493 e. The molecule has 0 unspecified atom stereocenters. The molecule has 0 saturated carbocycles. The van der Waals surface area contributed by atoms with E-state index < -0.39 is 41.6 Å². The molecule has 0 aromatic heterocycles. The van der Waals surface area contributed by atoms with Gasteiger partial charge in [-0.2, -0.15) is 0 Å². The van der Waals surface area contributed by atoms with E-state index in [2.05, 4.69) is 21.3 Å². The van der Waals surface area contributed by atoms with Crippen molar-refractivity contribution in [2.75, 3.05) is 60.7 Å². The Labute approximate surface area is 278 Å². The average molecular weight is 674 g/mol. The summed E-state index contributed by atoms with van der Waals surface area (Å²) in [5.74, 6) is -1.76. The summed E-state index contributed by atoms with van der Waals surface area (Å²) in [4.78, 5) is 74.6. The van der Waals surface area contributed by atoms with Crippen molar-refractivity contribution < 1.29 is 52.8 Å². The van der Waals surface area contributed by atoms with Gasteiger partial charge >= 0.3 is 0 Å². The van der Waals surface area contributed by atoms with Crippen molar-refractivity contribution in [1.82, 2.24) is 26.2 Å². The average Bonchev–Trinajstić information content (AvgIpc) is 3.07. The fourth-order valence-electron chi connectivity index (χ4n) is 4.50.